The third-order valence-electron chi connectivity index (χ3n) is 4.54. The number of hydrogen-bond acceptors (Lipinski definition) is 2. The second kappa shape index (κ2) is 8.32. The Morgan fingerprint density at radius 1 is 1.19 bits per heavy atom. The first-order valence-corrected chi connectivity index (χ1v) is 8.98. The molecule has 0 saturated carbocycles. The summed E-state index contributed by atoms with van der Waals surface area (Å²) in [5, 5.41) is 3.25. The molecule has 1 N–H and O–H groups in total. The monoisotopic (exact) mass is 374 g/mol. The molecule has 0 aromatic heterocycles. The molecule has 2 aromatic rings. The summed E-state index contributed by atoms with van der Waals surface area (Å²) >= 11 is 6.11. The summed E-state index contributed by atoms with van der Waals surface area (Å²) in [4.78, 5) is 26.8. The molecule has 0 radical (unpaired) electrons. The summed E-state index contributed by atoms with van der Waals surface area (Å²) in [5.74, 6) is -0.876. The standard InChI is InChI=1S/C20H20ClFN2O2/c21-18-9-2-1-8-17(18)20(26)24-10-4-6-15(13-24)19(25)23-12-14-5-3-7-16(22)11-14/h1-3,5,7-9,11,15H,4,6,10,12-13H2,(H,23,25)/t15-/m0/s1. The number of rotatable bonds is 4. The van der Waals surface area contributed by atoms with Gasteiger partial charge in [0.25, 0.3) is 5.91 Å². The zero-order valence-corrected chi connectivity index (χ0v) is 15.0. The maximum Gasteiger partial charge on any atom is 0.255 e. The van der Waals surface area contributed by atoms with Gasteiger partial charge in [0.2, 0.25) is 5.91 Å². The molecule has 1 saturated heterocycles. The Balaban J connectivity index is 1.60. The van der Waals surface area contributed by atoms with E-state index in [-0.39, 0.29) is 30.1 Å². The third kappa shape index (κ3) is 4.41. The molecule has 1 fully saturated rings. The smallest absolute Gasteiger partial charge is 0.255 e. The number of nitrogens with zero attached hydrogens (tertiary/aromatic N) is 1. The lowest BCUT2D eigenvalue weighted by Crippen LogP contribution is -2.45. The van der Waals surface area contributed by atoms with Crippen LogP contribution in [0.15, 0.2) is 48.5 Å². The zero-order chi connectivity index (χ0) is 18.5. The van der Waals surface area contributed by atoms with E-state index < -0.39 is 0 Å². The SMILES string of the molecule is O=C(NCc1cccc(F)c1)[C@H]1CCCN(C(=O)c2ccccc2Cl)C1. The third-order valence-corrected chi connectivity index (χ3v) is 4.87. The average molecular weight is 375 g/mol. The Morgan fingerprint density at radius 2 is 2.00 bits per heavy atom. The molecule has 0 unspecified atom stereocenters. The van der Waals surface area contributed by atoms with Crippen LogP contribution in [0.2, 0.25) is 5.02 Å². The van der Waals surface area contributed by atoms with Crippen LogP contribution < -0.4 is 5.32 Å². The fourth-order valence-corrected chi connectivity index (χ4v) is 3.38. The summed E-state index contributed by atoms with van der Waals surface area (Å²) in [5.41, 5.74) is 1.16. The second-order valence-electron chi connectivity index (χ2n) is 6.42. The molecule has 26 heavy (non-hydrogen) atoms. The quantitative estimate of drug-likeness (QED) is 0.888. The van der Waals surface area contributed by atoms with E-state index >= 15 is 0 Å². The number of hydrogen-bond donors (Lipinski definition) is 1. The highest BCUT2D eigenvalue weighted by molar-refractivity contribution is 6.33. The Bertz CT molecular complexity index is 812. The molecule has 6 heteroatoms. The van der Waals surface area contributed by atoms with Crippen molar-refractivity contribution >= 4 is 23.4 Å². The molecule has 2 amide bonds. The van der Waals surface area contributed by atoms with Crippen molar-refractivity contribution in [1.29, 1.82) is 0 Å². The van der Waals surface area contributed by atoms with E-state index in [1.165, 1.54) is 12.1 Å². The zero-order valence-electron chi connectivity index (χ0n) is 14.3. The number of likely N-dealkylation sites (tertiary alicyclic amines) is 1. The molecule has 1 aliphatic heterocycles. The van der Waals surface area contributed by atoms with Crippen LogP contribution in [0.25, 0.3) is 0 Å². The van der Waals surface area contributed by atoms with Crippen molar-refractivity contribution in [2.45, 2.75) is 19.4 Å². The predicted molar refractivity (Wildman–Crippen MR) is 98.3 cm³/mol. The number of piperidine rings is 1. The summed E-state index contributed by atoms with van der Waals surface area (Å²) in [6.45, 7) is 1.24. The van der Waals surface area contributed by atoms with Crippen molar-refractivity contribution in [3.63, 3.8) is 0 Å². The molecule has 136 valence electrons. The van der Waals surface area contributed by atoms with Crippen molar-refractivity contribution in [1.82, 2.24) is 10.2 Å². The highest BCUT2D eigenvalue weighted by atomic mass is 35.5. The minimum absolute atomic E-state index is 0.120. The average Bonchev–Trinajstić information content (AvgIpc) is 2.66. The molecule has 0 spiro atoms. The number of benzene rings is 2. The molecule has 4 nitrogen and oxygen atoms in total. The Kier molecular flexibility index (Phi) is 5.89. The van der Waals surface area contributed by atoms with Gasteiger partial charge in [0.1, 0.15) is 5.82 Å². The van der Waals surface area contributed by atoms with Crippen LogP contribution in [-0.4, -0.2) is 29.8 Å². The van der Waals surface area contributed by atoms with E-state index in [1.54, 1.807) is 41.3 Å². The van der Waals surface area contributed by atoms with E-state index in [0.717, 1.165) is 12.8 Å². The number of halogens is 2. The molecular formula is C20H20ClFN2O2. The number of carbonyl (C=O) groups excluding carboxylic acids is 2. The summed E-state index contributed by atoms with van der Waals surface area (Å²) in [6.07, 6.45) is 1.48. The van der Waals surface area contributed by atoms with Gasteiger partial charge in [-0.15, -0.1) is 0 Å². The Morgan fingerprint density at radius 3 is 2.77 bits per heavy atom. The Hall–Kier alpha value is -2.40. The molecule has 1 aliphatic rings. The van der Waals surface area contributed by atoms with Gasteiger partial charge in [0.05, 0.1) is 16.5 Å². The van der Waals surface area contributed by atoms with Gasteiger partial charge in [-0.25, -0.2) is 4.39 Å². The van der Waals surface area contributed by atoms with Gasteiger partial charge in [0, 0.05) is 19.6 Å². The molecular weight excluding hydrogens is 355 g/mol. The van der Waals surface area contributed by atoms with Crippen molar-refractivity contribution in [3.05, 3.63) is 70.5 Å². The van der Waals surface area contributed by atoms with Gasteiger partial charge < -0.3 is 10.2 Å². The maximum absolute atomic E-state index is 13.2. The molecule has 2 aromatic carbocycles. The lowest BCUT2D eigenvalue weighted by molar-refractivity contribution is -0.126. The van der Waals surface area contributed by atoms with Gasteiger partial charge >= 0.3 is 0 Å². The van der Waals surface area contributed by atoms with Crippen molar-refractivity contribution in [2.24, 2.45) is 5.92 Å². The topological polar surface area (TPSA) is 49.4 Å². The summed E-state index contributed by atoms with van der Waals surface area (Å²) in [7, 11) is 0. The molecule has 3 rings (SSSR count). The summed E-state index contributed by atoms with van der Waals surface area (Å²) < 4.78 is 13.2. The number of carbonyl (C=O) groups is 2. The highest BCUT2D eigenvalue weighted by Gasteiger charge is 2.29. The first-order valence-electron chi connectivity index (χ1n) is 8.60. The predicted octanol–water partition coefficient (Wildman–Crippen LogP) is 3.65. The first-order chi connectivity index (χ1) is 12.5. The maximum atomic E-state index is 13.2. The van der Waals surface area contributed by atoms with E-state index in [2.05, 4.69) is 5.32 Å². The lowest BCUT2D eigenvalue weighted by atomic mass is 9.96. The van der Waals surface area contributed by atoms with E-state index in [4.69, 9.17) is 11.6 Å². The highest BCUT2D eigenvalue weighted by Crippen LogP contribution is 2.22. The van der Waals surface area contributed by atoms with Crippen LogP contribution in [-0.2, 0) is 11.3 Å². The molecule has 1 heterocycles. The van der Waals surface area contributed by atoms with Crippen LogP contribution in [0.3, 0.4) is 0 Å². The van der Waals surface area contributed by atoms with E-state index in [9.17, 15) is 14.0 Å². The van der Waals surface area contributed by atoms with Crippen molar-refractivity contribution in [3.8, 4) is 0 Å². The largest absolute Gasteiger partial charge is 0.352 e. The first kappa shape index (κ1) is 18.4. The Labute approximate surface area is 157 Å². The lowest BCUT2D eigenvalue weighted by Gasteiger charge is -2.32. The second-order valence-corrected chi connectivity index (χ2v) is 6.83. The van der Waals surface area contributed by atoms with Crippen molar-refractivity contribution in [2.75, 3.05) is 13.1 Å². The fraction of sp³-hybridized carbons (Fsp3) is 0.300. The minimum atomic E-state index is -0.328. The van der Waals surface area contributed by atoms with Crippen LogP contribution in [0, 0.1) is 11.7 Å². The number of amides is 2. The van der Waals surface area contributed by atoms with Gasteiger partial charge in [-0.1, -0.05) is 35.9 Å². The number of nitrogens with one attached hydrogen (secondary N) is 1. The van der Waals surface area contributed by atoms with Crippen LogP contribution >= 0.6 is 11.6 Å². The fourth-order valence-electron chi connectivity index (χ4n) is 3.16. The van der Waals surface area contributed by atoms with Crippen LogP contribution in [0.1, 0.15) is 28.8 Å². The normalized spacial score (nSPS) is 17.0. The van der Waals surface area contributed by atoms with Crippen molar-refractivity contribution < 1.29 is 14.0 Å². The van der Waals surface area contributed by atoms with Crippen LogP contribution in [0.4, 0.5) is 4.39 Å². The van der Waals surface area contributed by atoms with Gasteiger partial charge in [-0.05, 0) is 42.7 Å². The van der Waals surface area contributed by atoms with E-state index in [0.29, 0.717) is 29.2 Å². The van der Waals surface area contributed by atoms with Gasteiger partial charge in [0.15, 0.2) is 0 Å². The molecule has 1 atom stereocenters. The summed E-state index contributed by atoms with van der Waals surface area (Å²) in [6, 6.07) is 13.1. The van der Waals surface area contributed by atoms with Gasteiger partial charge in [-0.3, -0.25) is 9.59 Å². The van der Waals surface area contributed by atoms with E-state index in [1.807, 2.05) is 0 Å². The molecule has 0 aliphatic carbocycles. The van der Waals surface area contributed by atoms with Crippen LogP contribution in [0.5, 0.6) is 0 Å². The van der Waals surface area contributed by atoms with Gasteiger partial charge in [-0.2, -0.15) is 0 Å². The molecule has 0 bridgehead atoms. The minimum Gasteiger partial charge on any atom is -0.352 e.